The first-order valence-electron chi connectivity index (χ1n) is 7.95. The van der Waals surface area contributed by atoms with Crippen LogP contribution in [0.5, 0.6) is 0 Å². The smallest absolute Gasteiger partial charge is 0.132 e. The van der Waals surface area contributed by atoms with Crippen LogP contribution >= 0.6 is 0 Å². The second kappa shape index (κ2) is 7.02. The predicted octanol–water partition coefficient (Wildman–Crippen LogP) is 2.96. The van der Waals surface area contributed by atoms with Crippen molar-refractivity contribution >= 4 is 5.82 Å². The Morgan fingerprint density at radius 3 is 2.80 bits per heavy atom. The summed E-state index contributed by atoms with van der Waals surface area (Å²) in [6.45, 7) is 11.0. The molecule has 2 unspecified atom stereocenters. The van der Waals surface area contributed by atoms with Crippen LogP contribution in [0.15, 0.2) is 12.4 Å². The molecule has 1 aliphatic rings. The lowest BCUT2D eigenvalue weighted by molar-refractivity contribution is 0.370. The van der Waals surface area contributed by atoms with E-state index in [-0.39, 0.29) is 0 Å². The molecular weight excluding hydrogens is 248 g/mol. The molecule has 1 N–H and O–H groups in total. The van der Waals surface area contributed by atoms with Gasteiger partial charge in [-0.1, -0.05) is 20.8 Å². The van der Waals surface area contributed by atoms with E-state index >= 15 is 0 Å². The van der Waals surface area contributed by atoms with Crippen molar-refractivity contribution in [2.75, 3.05) is 18.0 Å². The lowest BCUT2D eigenvalue weighted by atomic mass is 9.96. The molecule has 1 aliphatic heterocycles. The van der Waals surface area contributed by atoms with Crippen LogP contribution in [-0.4, -0.2) is 35.1 Å². The molecule has 1 saturated heterocycles. The number of hydrogen-bond donors (Lipinski definition) is 1. The average molecular weight is 276 g/mol. The maximum absolute atomic E-state index is 4.53. The molecule has 0 radical (unpaired) electrons. The Morgan fingerprint density at radius 1 is 1.30 bits per heavy atom. The Balaban J connectivity index is 2.21. The summed E-state index contributed by atoms with van der Waals surface area (Å²) >= 11 is 0. The summed E-state index contributed by atoms with van der Waals surface area (Å²) in [5.41, 5.74) is 1.13. The molecular formula is C16H28N4. The van der Waals surface area contributed by atoms with Crippen LogP contribution in [-0.2, 0) is 0 Å². The van der Waals surface area contributed by atoms with Crippen LogP contribution in [0.4, 0.5) is 5.82 Å². The van der Waals surface area contributed by atoms with E-state index in [1.165, 1.54) is 19.3 Å². The maximum Gasteiger partial charge on any atom is 0.132 e. The zero-order valence-electron chi connectivity index (χ0n) is 13.3. The van der Waals surface area contributed by atoms with Crippen LogP contribution in [0.2, 0.25) is 0 Å². The molecule has 0 spiro atoms. The van der Waals surface area contributed by atoms with Gasteiger partial charge in [0.25, 0.3) is 0 Å². The SMILES string of the molecule is CCNC(C)C1CCCCN1c1cc(C(C)C)ncn1. The van der Waals surface area contributed by atoms with Crippen molar-refractivity contribution in [1.82, 2.24) is 15.3 Å². The van der Waals surface area contributed by atoms with E-state index < -0.39 is 0 Å². The molecule has 1 aromatic heterocycles. The average Bonchev–Trinajstić information content (AvgIpc) is 2.47. The van der Waals surface area contributed by atoms with Crippen LogP contribution < -0.4 is 10.2 Å². The van der Waals surface area contributed by atoms with Crippen molar-refractivity contribution < 1.29 is 0 Å². The first-order valence-corrected chi connectivity index (χ1v) is 7.95. The third-order valence-electron chi connectivity index (χ3n) is 4.21. The fraction of sp³-hybridized carbons (Fsp3) is 0.750. The minimum absolute atomic E-state index is 0.450. The Kier molecular flexibility index (Phi) is 5.35. The van der Waals surface area contributed by atoms with Crippen molar-refractivity contribution in [1.29, 1.82) is 0 Å². The first kappa shape index (κ1) is 15.2. The van der Waals surface area contributed by atoms with Gasteiger partial charge in [-0.2, -0.15) is 0 Å². The molecule has 20 heavy (non-hydrogen) atoms. The van der Waals surface area contributed by atoms with Crippen molar-refractivity contribution in [3.63, 3.8) is 0 Å². The van der Waals surface area contributed by atoms with E-state index in [9.17, 15) is 0 Å². The summed E-state index contributed by atoms with van der Waals surface area (Å²) in [6.07, 6.45) is 5.54. The van der Waals surface area contributed by atoms with Gasteiger partial charge in [-0.15, -0.1) is 0 Å². The Hall–Kier alpha value is -1.16. The predicted molar refractivity (Wildman–Crippen MR) is 84.2 cm³/mol. The van der Waals surface area contributed by atoms with Gasteiger partial charge in [0.15, 0.2) is 0 Å². The Bertz CT molecular complexity index is 419. The summed E-state index contributed by atoms with van der Waals surface area (Å²) in [6, 6.07) is 3.21. The van der Waals surface area contributed by atoms with Gasteiger partial charge in [0.05, 0.1) is 0 Å². The summed E-state index contributed by atoms with van der Waals surface area (Å²) in [7, 11) is 0. The molecule has 0 aromatic carbocycles. The monoisotopic (exact) mass is 276 g/mol. The largest absolute Gasteiger partial charge is 0.352 e. The maximum atomic E-state index is 4.53. The highest BCUT2D eigenvalue weighted by atomic mass is 15.2. The molecule has 4 nitrogen and oxygen atoms in total. The van der Waals surface area contributed by atoms with E-state index in [2.05, 4.69) is 53.9 Å². The van der Waals surface area contributed by atoms with E-state index in [1.54, 1.807) is 6.33 Å². The highest BCUT2D eigenvalue weighted by Gasteiger charge is 2.28. The summed E-state index contributed by atoms with van der Waals surface area (Å²) in [4.78, 5) is 11.4. The standard InChI is InChI=1S/C16H28N4/c1-5-17-13(4)15-8-6-7-9-20(15)16-10-14(12(2)3)18-11-19-16/h10-13,15,17H,5-9H2,1-4H3. The molecule has 2 atom stereocenters. The van der Waals surface area contributed by atoms with Crippen molar-refractivity contribution in [2.24, 2.45) is 0 Å². The van der Waals surface area contributed by atoms with Crippen LogP contribution in [0, 0.1) is 0 Å². The summed E-state index contributed by atoms with van der Waals surface area (Å²) in [5, 5.41) is 3.57. The topological polar surface area (TPSA) is 41.0 Å². The normalized spacial score (nSPS) is 21.2. The highest BCUT2D eigenvalue weighted by molar-refractivity contribution is 5.42. The molecule has 2 heterocycles. The molecule has 0 amide bonds. The fourth-order valence-corrected chi connectivity index (χ4v) is 3.05. The van der Waals surface area contributed by atoms with E-state index in [0.29, 0.717) is 18.0 Å². The van der Waals surface area contributed by atoms with Crippen molar-refractivity contribution in [3.8, 4) is 0 Å². The van der Waals surface area contributed by atoms with E-state index in [0.717, 1.165) is 24.6 Å². The minimum atomic E-state index is 0.450. The third kappa shape index (κ3) is 3.48. The van der Waals surface area contributed by atoms with Crippen molar-refractivity contribution in [2.45, 2.75) is 65.0 Å². The van der Waals surface area contributed by atoms with Gasteiger partial charge in [-0.3, -0.25) is 0 Å². The highest BCUT2D eigenvalue weighted by Crippen LogP contribution is 2.26. The van der Waals surface area contributed by atoms with Crippen LogP contribution in [0.25, 0.3) is 0 Å². The second-order valence-electron chi connectivity index (χ2n) is 6.06. The fourth-order valence-electron chi connectivity index (χ4n) is 3.05. The minimum Gasteiger partial charge on any atom is -0.352 e. The van der Waals surface area contributed by atoms with Gasteiger partial charge in [-0.25, -0.2) is 9.97 Å². The number of nitrogens with one attached hydrogen (secondary N) is 1. The van der Waals surface area contributed by atoms with Crippen LogP contribution in [0.1, 0.15) is 58.6 Å². The Morgan fingerprint density at radius 2 is 2.10 bits per heavy atom. The van der Waals surface area contributed by atoms with Gasteiger partial charge in [0, 0.05) is 30.4 Å². The number of aromatic nitrogens is 2. The lowest BCUT2D eigenvalue weighted by Gasteiger charge is -2.40. The Labute approximate surface area is 123 Å². The first-order chi connectivity index (χ1) is 9.63. The third-order valence-corrected chi connectivity index (χ3v) is 4.21. The zero-order chi connectivity index (χ0) is 14.5. The molecule has 1 aromatic rings. The lowest BCUT2D eigenvalue weighted by Crippen LogP contribution is -2.51. The van der Waals surface area contributed by atoms with Gasteiger partial charge in [0.1, 0.15) is 12.1 Å². The van der Waals surface area contributed by atoms with Crippen molar-refractivity contribution in [3.05, 3.63) is 18.1 Å². The molecule has 0 aliphatic carbocycles. The molecule has 1 fully saturated rings. The number of hydrogen-bond acceptors (Lipinski definition) is 4. The molecule has 0 saturated carbocycles. The van der Waals surface area contributed by atoms with Gasteiger partial charge in [0.2, 0.25) is 0 Å². The molecule has 0 bridgehead atoms. The van der Waals surface area contributed by atoms with E-state index in [1.807, 2.05) is 0 Å². The molecule has 2 rings (SSSR count). The summed E-state index contributed by atoms with van der Waals surface area (Å²) in [5.74, 6) is 1.55. The van der Waals surface area contributed by atoms with E-state index in [4.69, 9.17) is 0 Å². The van der Waals surface area contributed by atoms with Crippen LogP contribution in [0.3, 0.4) is 0 Å². The second-order valence-corrected chi connectivity index (χ2v) is 6.06. The van der Waals surface area contributed by atoms with Gasteiger partial charge in [-0.05, 0) is 38.6 Å². The molecule has 4 heteroatoms. The number of rotatable bonds is 5. The molecule has 112 valence electrons. The number of piperidine rings is 1. The summed E-state index contributed by atoms with van der Waals surface area (Å²) < 4.78 is 0. The number of nitrogens with zero attached hydrogens (tertiary/aromatic N) is 3. The quantitative estimate of drug-likeness (QED) is 0.897. The zero-order valence-corrected chi connectivity index (χ0v) is 13.3. The number of anilines is 1. The van der Waals surface area contributed by atoms with Gasteiger partial charge < -0.3 is 10.2 Å². The number of likely N-dealkylation sites (N-methyl/N-ethyl adjacent to an activating group) is 1. The van der Waals surface area contributed by atoms with Gasteiger partial charge >= 0.3 is 0 Å².